The van der Waals surface area contributed by atoms with Crippen LogP contribution in [0, 0.1) is 6.92 Å². The van der Waals surface area contributed by atoms with Gasteiger partial charge in [0.2, 0.25) is 4.21 Å². The topological polar surface area (TPSA) is 51.2 Å². The second-order valence-electron chi connectivity index (χ2n) is 4.02. The number of alkyl halides is 1. The Bertz CT molecular complexity index is 515. The van der Waals surface area contributed by atoms with Crippen molar-refractivity contribution in [2.45, 2.75) is 25.0 Å². The molecule has 0 saturated carbocycles. The Hall–Kier alpha value is -0.870. The van der Waals surface area contributed by atoms with Crippen LogP contribution >= 0.6 is 11.6 Å². The zero-order chi connectivity index (χ0) is 13.3. The average molecular weight is 275 g/mol. The Kier molecular flexibility index (Phi) is 3.99. The number of rotatable bonds is 4. The fraction of sp³-hybridized carbons (Fsp3) is 0.417. The molecule has 0 aliphatic rings. The molecule has 1 aromatic carbocycles. The summed E-state index contributed by atoms with van der Waals surface area (Å²) in [7, 11) is -3.64. The highest BCUT2D eigenvalue weighted by molar-refractivity contribution is 7.95. The summed E-state index contributed by atoms with van der Waals surface area (Å²) in [4.78, 5) is 12.1. The van der Waals surface area contributed by atoms with Gasteiger partial charge in [-0.3, -0.25) is 4.79 Å². The average Bonchev–Trinajstić information content (AvgIpc) is 2.28. The Morgan fingerprint density at radius 1 is 1.29 bits per heavy atom. The van der Waals surface area contributed by atoms with E-state index in [2.05, 4.69) is 0 Å². The molecule has 3 nitrogen and oxygen atoms in total. The van der Waals surface area contributed by atoms with Crippen molar-refractivity contribution in [1.82, 2.24) is 0 Å². The summed E-state index contributed by atoms with van der Waals surface area (Å²) in [5.74, 6) is -0.744. The molecule has 17 heavy (non-hydrogen) atoms. The zero-order valence-corrected chi connectivity index (χ0v) is 11.6. The fourth-order valence-electron chi connectivity index (χ4n) is 1.38. The summed E-state index contributed by atoms with van der Waals surface area (Å²) in [6, 6.07) is 6.67. The van der Waals surface area contributed by atoms with Crippen LogP contribution in [0.3, 0.4) is 0 Å². The lowest BCUT2D eigenvalue weighted by atomic mass is 10.1. The molecule has 1 rings (SSSR count). The Morgan fingerprint density at radius 2 is 1.76 bits per heavy atom. The molecule has 0 saturated heterocycles. The van der Waals surface area contributed by atoms with E-state index >= 15 is 0 Å². The molecule has 5 heteroatoms. The maximum absolute atomic E-state index is 12.1. The predicted octanol–water partition coefficient (Wildman–Crippen LogP) is 2.57. The van der Waals surface area contributed by atoms with Gasteiger partial charge in [0, 0.05) is 11.3 Å². The van der Waals surface area contributed by atoms with Crippen LogP contribution in [0.25, 0.3) is 0 Å². The molecule has 1 unspecified atom stereocenters. The minimum Gasteiger partial charge on any atom is -0.291 e. The highest BCUT2D eigenvalue weighted by atomic mass is 35.5. The number of hydrogen-bond acceptors (Lipinski definition) is 3. The van der Waals surface area contributed by atoms with Gasteiger partial charge in [-0.15, -0.1) is 0 Å². The maximum Gasteiger partial charge on any atom is 0.205 e. The van der Waals surface area contributed by atoms with E-state index in [-0.39, 0.29) is 5.75 Å². The number of Topliss-reactive ketones (excluding diaryl/α,β-unsaturated/α-hetero) is 1. The van der Waals surface area contributed by atoms with E-state index in [1.807, 2.05) is 6.92 Å². The Labute approximate surface area is 107 Å². The van der Waals surface area contributed by atoms with Gasteiger partial charge >= 0.3 is 0 Å². The number of benzene rings is 1. The van der Waals surface area contributed by atoms with Crippen LogP contribution in [-0.2, 0) is 9.84 Å². The van der Waals surface area contributed by atoms with Crippen molar-refractivity contribution in [3.8, 4) is 0 Å². The van der Waals surface area contributed by atoms with Crippen molar-refractivity contribution >= 4 is 27.2 Å². The molecule has 0 heterocycles. The van der Waals surface area contributed by atoms with E-state index in [0.717, 1.165) is 5.56 Å². The van der Waals surface area contributed by atoms with Crippen LogP contribution in [0.4, 0.5) is 0 Å². The third kappa shape index (κ3) is 2.69. The van der Waals surface area contributed by atoms with Crippen molar-refractivity contribution in [3.63, 3.8) is 0 Å². The molecular weight excluding hydrogens is 260 g/mol. The van der Waals surface area contributed by atoms with Crippen molar-refractivity contribution in [2.75, 3.05) is 5.75 Å². The number of sulfone groups is 1. The molecule has 94 valence electrons. The van der Waals surface area contributed by atoms with E-state index in [9.17, 15) is 13.2 Å². The molecule has 0 N–H and O–H groups in total. The van der Waals surface area contributed by atoms with E-state index in [1.165, 1.54) is 13.8 Å². The summed E-state index contributed by atoms with van der Waals surface area (Å²) in [6.45, 7) is 4.59. The third-order valence-electron chi connectivity index (χ3n) is 2.68. The Balaban J connectivity index is 3.18. The predicted molar refractivity (Wildman–Crippen MR) is 69.2 cm³/mol. The molecule has 0 fully saturated rings. The molecule has 0 bridgehead atoms. The van der Waals surface area contributed by atoms with Gasteiger partial charge in [0.25, 0.3) is 0 Å². The van der Waals surface area contributed by atoms with E-state index in [0.29, 0.717) is 5.56 Å². The molecule has 0 spiro atoms. The molecule has 1 atom stereocenters. The van der Waals surface area contributed by atoms with Crippen LogP contribution in [0.5, 0.6) is 0 Å². The van der Waals surface area contributed by atoms with Crippen molar-refractivity contribution in [1.29, 1.82) is 0 Å². The van der Waals surface area contributed by atoms with Crippen LogP contribution in [-0.4, -0.2) is 24.2 Å². The SMILES string of the molecule is CCS(=O)(=O)C(C)(Cl)C(=O)c1ccc(C)cc1. The van der Waals surface area contributed by atoms with Crippen molar-refractivity contribution in [3.05, 3.63) is 35.4 Å². The van der Waals surface area contributed by atoms with Gasteiger partial charge in [-0.05, 0) is 13.8 Å². The number of hydrogen-bond donors (Lipinski definition) is 0. The number of carbonyl (C=O) groups excluding carboxylic acids is 1. The van der Waals surface area contributed by atoms with Gasteiger partial charge < -0.3 is 0 Å². The first-order valence-electron chi connectivity index (χ1n) is 5.25. The minimum atomic E-state index is -3.64. The Morgan fingerprint density at radius 3 is 2.18 bits per heavy atom. The highest BCUT2D eigenvalue weighted by Crippen LogP contribution is 2.28. The number of halogens is 1. The van der Waals surface area contributed by atoms with Gasteiger partial charge in [-0.1, -0.05) is 48.4 Å². The largest absolute Gasteiger partial charge is 0.291 e. The van der Waals surface area contributed by atoms with Crippen LogP contribution in [0.15, 0.2) is 24.3 Å². The van der Waals surface area contributed by atoms with Gasteiger partial charge in [-0.2, -0.15) is 0 Å². The monoisotopic (exact) mass is 274 g/mol. The fourth-order valence-corrected chi connectivity index (χ4v) is 2.75. The quantitative estimate of drug-likeness (QED) is 0.626. The molecule has 0 radical (unpaired) electrons. The lowest BCUT2D eigenvalue weighted by molar-refractivity contribution is 0.0978. The molecule has 0 amide bonds. The first-order chi connectivity index (χ1) is 7.72. The maximum atomic E-state index is 12.1. The summed E-state index contributed by atoms with van der Waals surface area (Å²) in [5, 5.41) is 0. The summed E-state index contributed by atoms with van der Waals surface area (Å²) in [6.07, 6.45) is 0. The second-order valence-corrected chi connectivity index (χ2v) is 7.62. The standard InChI is InChI=1S/C12H15ClO3S/c1-4-17(15,16)12(3,13)11(14)10-7-5-9(2)6-8-10/h5-8H,4H2,1-3H3. The molecule has 0 aromatic heterocycles. The van der Waals surface area contributed by atoms with Crippen LogP contribution in [0.1, 0.15) is 29.8 Å². The minimum absolute atomic E-state index is 0.162. The van der Waals surface area contributed by atoms with E-state index < -0.39 is 19.8 Å². The van der Waals surface area contributed by atoms with Crippen molar-refractivity contribution in [2.24, 2.45) is 0 Å². The van der Waals surface area contributed by atoms with Crippen LogP contribution < -0.4 is 0 Å². The number of ketones is 1. The van der Waals surface area contributed by atoms with Gasteiger partial charge in [-0.25, -0.2) is 8.42 Å². The lowest BCUT2D eigenvalue weighted by Gasteiger charge is -2.20. The second kappa shape index (κ2) is 4.78. The first kappa shape index (κ1) is 14.2. The molecule has 1 aromatic rings. The molecule has 0 aliphatic heterocycles. The lowest BCUT2D eigenvalue weighted by Crippen LogP contribution is -2.39. The molecule has 0 aliphatic carbocycles. The van der Waals surface area contributed by atoms with Crippen molar-refractivity contribution < 1.29 is 13.2 Å². The molecular formula is C12H15ClO3S. The van der Waals surface area contributed by atoms with Crippen LogP contribution in [0.2, 0.25) is 0 Å². The van der Waals surface area contributed by atoms with Gasteiger partial charge in [0.1, 0.15) is 0 Å². The van der Waals surface area contributed by atoms with E-state index in [4.69, 9.17) is 11.6 Å². The third-order valence-corrected chi connectivity index (χ3v) is 5.67. The van der Waals surface area contributed by atoms with Gasteiger partial charge in [0.05, 0.1) is 0 Å². The summed E-state index contributed by atoms with van der Waals surface area (Å²) in [5.41, 5.74) is 1.31. The first-order valence-corrected chi connectivity index (χ1v) is 7.28. The summed E-state index contributed by atoms with van der Waals surface area (Å²) >= 11 is 5.92. The van der Waals surface area contributed by atoms with E-state index in [1.54, 1.807) is 24.3 Å². The zero-order valence-electron chi connectivity index (χ0n) is 10.0. The number of aryl methyl sites for hydroxylation is 1. The summed E-state index contributed by atoms with van der Waals surface area (Å²) < 4.78 is 21.6. The smallest absolute Gasteiger partial charge is 0.205 e. The van der Waals surface area contributed by atoms with Gasteiger partial charge in [0.15, 0.2) is 15.6 Å². The highest BCUT2D eigenvalue weighted by Gasteiger charge is 2.43. The number of carbonyl (C=O) groups is 1. The normalized spacial score (nSPS) is 15.3.